The fourth-order valence-electron chi connectivity index (χ4n) is 2.48. The van der Waals surface area contributed by atoms with Crippen LogP contribution < -0.4 is 5.32 Å². The highest BCUT2D eigenvalue weighted by atomic mass is 32.1. The molecule has 0 aliphatic rings. The third-order valence-electron chi connectivity index (χ3n) is 3.57. The lowest BCUT2D eigenvalue weighted by Gasteiger charge is -2.04. The van der Waals surface area contributed by atoms with Crippen LogP contribution in [0.5, 0.6) is 0 Å². The molecule has 0 radical (unpaired) electrons. The lowest BCUT2D eigenvalue weighted by molar-refractivity contribution is 0.0951. The largest absolute Gasteiger partial charge is 0.346 e. The first-order valence-corrected chi connectivity index (χ1v) is 8.21. The van der Waals surface area contributed by atoms with E-state index < -0.39 is 0 Å². The van der Waals surface area contributed by atoms with Crippen molar-refractivity contribution in [3.05, 3.63) is 59.0 Å². The summed E-state index contributed by atoms with van der Waals surface area (Å²) >= 11 is 1.52. The van der Waals surface area contributed by atoms with Crippen LogP contribution in [0.2, 0.25) is 0 Å². The van der Waals surface area contributed by atoms with E-state index in [4.69, 9.17) is 0 Å². The maximum absolute atomic E-state index is 12.5. The van der Waals surface area contributed by atoms with Gasteiger partial charge in [-0.1, -0.05) is 41.7 Å². The molecule has 0 aliphatic heterocycles. The van der Waals surface area contributed by atoms with Crippen LogP contribution in [-0.2, 0) is 6.54 Å². The number of imidazole rings is 1. The van der Waals surface area contributed by atoms with Crippen LogP contribution in [0.15, 0.2) is 42.7 Å². The van der Waals surface area contributed by atoms with Gasteiger partial charge in [0.05, 0.1) is 35.9 Å². The topological polar surface area (TPSA) is 88.0 Å². The van der Waals surface area contributed by atoms with Crippen molar-refractivity contribution in [1.29, 1.82) is 0 Å². The number of nitrogens with one attached hydrogen (secondary N) is 2. The van der Waals surface area contributed by atoms with Crippen molar-refractivity contribution in [2.75, 3.05) is 0 Å². The Morgan fingerprint density at radius 2 is 2.17 bits per heavy atom. The van der Waals surface area contributed by atoms with E-state index in [0.29, 0.717) is 17.8 Å². The molecule has 4 aromatic rings. The molecule has 4 rings (SSSR count). The molecule has 2 N–H and O–H groups in total. The summed E-state index contributed by atoms with van der Waals surface area (Å²) in [5.41, 5.74) is 2.90. The minimum atomic E-state index is -0.192. The third kappa shape index (κ3) is 2.67. The van der Waals surface area contributed by atoms with Crippen LogP contribution in [0, 0.1) is 6.92 Å². The molecule has 8 heteroatoms. The number of hydrogen-bond donors (Lipinski definition) is 2. The van der Waals surface area contributed by atoms with Crippen LogP contribution in [-0.4, -0.2) is 30.7 Å². The van der Waals surface area contributed by atoms with Gasteiger partial charge in [-0.2, -0.15) is 10.2 Å². The molecule has 0 saturated heterocycles. The fourth-order valence-corrected chi connectivity index (χ4v) is 3.22. The number of benzene rings is 1. The zero-order chi connectivity index (χ0) is 16.5. The van der Waals surface area contributed by atoms with Gasteiger partial charge in [0.25, 0.3) is 5.91 Å². The van der Waals surface area contributed by atoms with Gasteiger partial charge in [-0.3, -0.25) is 9.89 Å². The van der Waals surface area contributed by atoms with E-state index in [1.807, 2.05) is 43.5 Å². The van der Waals surface area contributed by atoms with Gasteiger partial charge in [0, 0.05) is 5.56 Å². The number of carbonyl (C=O) groups excluding carboxylic acids is 1. The minimum Gasteiger partial charge on any atom is -0.346 e. The van der Waals surface area contributed by atoms with Crippen LogP contribution >= 0.6 is 11.3 Å². The Labute approximate surface area is 141 Å². The normalized spacial score (nSPS) is 11.0. The molecule has 0 fully saturated rings. The second kappa shape index (κ2) is 5.89. The van der Waals surface area contributed by atoms with E-state index in [1.54, 1.807) is 4.52 Å². The molecule has 1 amide bonds. The Balaban J connectivity index is 1.50. The first kappa shape index (κ1) is 14.6. The van der Waals surface area contributed by atoms with Crippen molar-refractivity contribution in [2.45, 2.75) is 13.5 Å². The standard InChI is InChI=1S/C16H14N6OS/c1-10-21-22-9-12(19-16(22)24-10)7-17-15(23)13-8-18-20-14(13)11-5-3-2-4-6-11/h2-6,8-9H,7H2,1H3,(H,17,23)(H,18,20). The number of H-pyrrole nitrogens is 1. The van der Waals surface area contributed by atoms with Gasteiger partial charge < -0.3 is 5.32 Å². The van der Waals surface area contributed by atoms with Crippen LogP contribution in [0.3, 0.4) is 0 Å². The molecule has 1 aromatic carbocycles. The minimum absolute atomic E-state index is 0.192. The summed E-state index contributed by atoms with van der Waals surface area (Å²) in [4.78, 5) is 17.7. The summed E-state index contributed by atoms with van der Waals surface area (Å²) in [7, 11) is 0. The zero-order valence-electron chi connectivity index (χ0n) is 12.9. The summed E-state index contributed by atoms with van der Waals surface area (Å²) in [6.45, 7) is 2.28. The highest BCUT2D eigenvalue weighted by Crippen LogP contribution is 2.20. The van der Waals surface area contributed by atoms with Crippen LogP contribution in [0.4, 0.5) is 0 Å². The van der Waals surface area contributed by atoms with Crippen molar-refractivity contribution in [2.24, 2.45) is 0 Å². The number of aromatic nitrogens is 5. The quantitative estimate of drug-likeness (QED) is 0.598. The second-order valence-electron chi connectivity index (χ2n) is 5.29. The Bertz CT molecular complexity index is 969. The van der Waals surface area contributed by atoms with Gasteiger partial charge in [0.15, 0.2) is 0 Å². The zero-order valence-corrected chi connectivity index (χ0v) is 13.7. The predicted molar refractivity (Wildman–Crippen MR) is 90.8 cm³/mol. The molecule has 120 valence electrons. The van der Waals surface area contributed by atoms with Crippen LogP contribution in [0.1, 0.15) is 21.1 Å². The van der Waals surface area contributed by atoms with E-state index in [2.05, 4.69) is 25.6 Å². The van der Waals surface area contributed by atoms with E-state index in [0.717, 1.165) is 21.2 Å². The van der Waals surface area contributed by atoms with Crippen molar-refractivity contribution in [1.82, 2.24) is 30.1 Å². The molecule has 3 aromatic heterocycles. The number of aromatic amines is 1. The Morgan fingerprint density at radius 1 is 1.33 bits per heavy atom. The van der Waals surface area contributed by atoms with Gasteiger partial charge in [-0.15, -0.1) is 0 Å². The Hall–Kier alpha value is -3.00. The van der Waals surface area contributed by atoms with Gasteiger partial charge in [-0.25, -0.2) is 9.50 Å². The smallest absolute Gasteiger partial charge is 0.255 e. The van der Waals surface area contributed by atoms with Crippen molar-refractivity contribution in [3.8, 4) is 11.3 Å². The monoisotopic (exact) mass is 338 g/mol. The molecule has 7 nitrogen and oxygen atoms in total. The third-order valence-corrected chi connectivity index (χ3v) is 4.41. The number of amides is 1. The van der Waals surface area contributed by atoms with Gasteiger partial charge in [-0.05, 0) is 6.92 Å². The molecular weight excluding hydrogens is 324 g/mol. The number of nitrogens with zero attached hydrogens (tertiary/aromatic N) is 4. The first-order chi connectivity index (χ1) is 11.7. The molecule has 0 atom stereocenters. The van der Waals surface area contributed by atoms with E-state index in [9.17, 15) is 4.79 Å². The SMILES string of the molecule is Cc1nn2cc(CNC(=O)c3cn[nH]c3-c3ccccc3)nc2s1. The van der Waals surface area contributed by atoms with E-state index >= 15 is 0 Å². The lowest BCUT2D eigenvalue weighted by Crippen LogP contribution is -2.23. The first-order valence-electron chi connectivity index (χ1n) is 7.39. The highest BCUT2D eigenvalue weighted by Gasteiger charge is 2.15. The maximum Gasteiger partial charge on any atom is 0.255 e. The maximum atomic E-state index is 12.5. The van der Waals surface area contributed by atoms with Crippen molar-refractivity contribution >= 4 is 22.2 Å². The van der Waals surface area contributed by atoms with Crippen molar-refractivity contribution < 1.29 is 4.79 Å². The van der Waals surface area contributed by atoms with E-state index in [1.165, 1.54) is 17.5 Å². The summed E-state index contributed by atoms with van der Waals surface area (Å²) < 4.78 is 1.73. The molecular formula is C16H14N6OS. The van der Waals surface area contributed by atoms with Crippen LogP contribution in [0.25, 0.3) is 16.2 Å². The summed E-state index contributed by atoms with van der Waals surface area (Å²) in [5, 5.41) is 15.0. The van der Waals surface area contributed by atoms with Gasteiger partial charge in [0.1, 0.15) is 5.01 Å². The number of aryl methyl sites for hydroxylation is 1. The molecule has 24 heavy (non-hydrogen) atoms. The number of fused-ring (bicyclic) bond motifs is 1. The molecule has 0 saturated carbocycles. The molecule has 0 bridgehead atoms. The molecule has 0 spiro atoms. The highest BCUT2D eigenvalue weighted by molar-refractivity contribution is 7.16. The Kier molecular flexibility index (Phi) is 3.58. The Morgan fingerprint density at radius 3 is 2.96 bits per heavy atom. The molecule has 0 unspecified atom stereocenters. The summed E-state index contributed by atoms with van der Waals surface area (Å²) in [5.74, 6) is -0.192. The average Bonchev–Trinajstić information content (AvgIpc) is 3.27. The van der Waals surface area contributed by atoms with Crippen molar-refractivity contribution in [3.63, 3.8) is 0 Å². The van der Waals surface area contributed by atoms with Gasteiger partial charge >= 0.3 is 0 Å². The lowest BCUT2D eigenvalue weighted by atomic mass is 10.1. The van der Waals surface area contributed by atoms with Gasteiger partial charge in [0.2, 0.25) is 4.96 Å². The second-order valence-corrected chi connectivity index (χ2v) is 6.45. The summed E-state index contributed by atoms with van der Waals surface area (Å²) in [6.07, 6.45) is 3.36. The predicted octanol–water partition coefficient (Wildman–Crippen LogP) is 2.42. The molecule has 3 heterocycles. The number of rotatable bonds is 4. The number of carbonyl (C=O) groups is 1. The number of hydrogen-bond acceptors (Lipinski definition) is 5. The summed E-state index contributed by atoms with van der Waals surface area (Å²) in [6, 6.07) is 9.64. The average molecular weight is 338 g/mol. The molecule has 0 aliphatic carbocycles. The van der Waals surface area contributed by atoms with E-state index in [-0.39, 0.29) is 5.91 Å². The fraction of sp³-hybridized carbons (Fsp3) is 0.125.